The monoisotopic (exact) mass is 241 g/mol. The molecule has 0 saturated heterocycles. The molecule has 4 heteroatoms. The molecule has 0 bridgehead atoms. The van der Waals surface area contributed by atoms with Gasteiger partial charge in [-0.3, -0.25) is 14.8 Å². The molecular weight excluding hydrogens is 226 g/mol. The molecular formula is C14H15N3O. The molecule has 92 valence electrons. The largest absolute Gasteiger partial charge is 0.322 e. The molecule has 0 radical (unpaired) electrons. The molecule has 2 aromatic rings. The first kappa shape index (κ1) is 12.2. The molecule has 0 aromatic carbocycles. The van der Waals surface area contributed by atoms with Gasteiger partial charge in [-0.2, -0.15) is 0 Å². The van der Waals surface area contributed by atoms with E-state index in [1.165, 1.54) is 0 Å². The van der Waals surface area contributed by atoms with Crippen LogP contribution in [0.15, 0.2) is 42.9 Å². The summed E-state index contributed by atoms with van der Waals surface area (Å²) >= 11 is 0. The smallest absolute Gasteiger partial charge is 0.257 e. The Hall–Kier alpha value is -2.23. The molecule has 0 unspecified atom stereocenters. The van der Waals surface area contributed by atoms with Crippen LogP contribution >= 0.6 is 0 Å². The van der Waals surface area contributed by atoms with Crippen molar-refractivity contribution in [3.63, 3.8) is 0 Å². The fourth-order valence-corrected chi connectivity index (χ4v) is 1.54. The van der Waals surface area contributed by atoms with Crippen LogP contribution in [0.5, 0.6) is 0 Å². The maximum atomic E-state index is 11.9. The van der Waals surface area contributed by atoms with E-state index in [0.717, 1.165) is 11.4 Å². The Morgan fingerprint density at radius 1 is 1.28 bits per heavy atom. The number of aromatic nitrogens is 2. The van der Waals surface area contributed by atoms with Gasteiger partial charge in [0.05, 0.1) is 5.56 Å². The highest BCUT2D eigenvalue weighted by Gasteiger charge is 2.07. The first-order valence-corrected chi connectivity index (χ1v) is 5.84. The lowest BCUT2D eigenvalue weighted by atomic mass is 10.1. The van der Waals surface area contributed by atoms with E-state index in [-0.39, 0.29) is 5.91 Å². The summed E-state index contributed by atoms with van der Waals surface area (Å²) in [7, 11) is 0. The average Bonchev–Trinajstić information content (AvgIpc) is 2.40. The van der Waals surface area contributed by atoms with Crippen molar-refractivity contribution in [1.29, 1.82) is 0 Å². The third kappa shape index (κ3) is 2.91. The lowest BCUT2D eigenvalue weighted by molar-refractivity contribution is 0.102. The maximum Gasteiger partial charge on any atom is 0.257 e. The third-order valence-corrected chi connectivity index (χ3v) is 2.55. The van der Waals surface area contributed by atoms with Crippen LogP contribution in [0, 0.1) is 0 Å². The van der Waals surface area contributed by atoms with Gasteiger partial charge in [-0.1, -0.05) is 13.8 Å². The van der Waals surface area contributed by atoms with Gasteiger partial charge >= 0.3 is 0 Å². The Morgan fingerprint density at radius 2 is 2.11 bits per heavy atom. The second-order valence-corrected chi connectivity index (χ2v) is 4.32. The molecule has 0 saturated carbocycles. The molecule has 2 aromatic heterocycles. The molecule has 0 aliphatic rings. The molecule has 0 atom stereocenters. The summed E-state index contributed by atoms with van der Waals surface area (Å²) < 4.78 is 0. The topological polar surface area (TPSA) is 54.9 Å². The number of carbonyl (C=O) groups is 1. The standard InChI is InChI=1S/C14H15N3O/c1-10(2)13-8-12(5-7-16-13)17-14(18)11-4-3-6-15-9-11/h3-10H,1-2H3,(H,16,17,18). The predicted molar refractivity (Wildman–Crippen MR) is 70.5 cm³/mol. The average molecular weight is 241 g/mol. The molecule has 1 amide bonds. The van der Waals surface area contributed by atoms with Crippen LogP contribution in [0.3, 0.4) is 0 Å². The summed E-state index contributed by atoms with van der Waals surface area (Å²) in [5.41, 5.74) is 2.25. The van der Waals surface area contributed by atoms with Crippen LogP contribution < -0.4 is 5.32 Å². The third-order valence-electron chi connectivity index (χ3n) is 2.55. The Labute approximate surface area is 106 Å². The minimum atomic E-state index is -0.163. The molecule has 1 N–H and O–H groups in total. The van der Waals surface area contributed by atoms with E-state index >= 15 is 0 Å². The zero-order chi connectivity index (χ0) is 13.0. The van der Waals surface area contributed by atoms with Crippen LogP contribution in [0.25, 0.3) is 0 Å². The summed E-state index contributed by atoms with van der Waals surface area (Å²) in [5.74, 6) is 0.171. The predicted octanol–water partition coefficient (Wildman–Crippen LogP) is 2.85. The van der Waals surface area contributed by atoms with E-state index in [0.29, 0.717) is 11.5 Å². The van der Waals surface area contributed by atoms with Gasteiger partial charge in [-0.15, -0.1) is 0 Å². The van der Waals surface area contributed by atoms with E-state index in [1.54, 1.807) is 36.8 Å². The van der Waals surface area contributed by atoms with Crippen molar-refractivity contribution in [3.8, 4) is 0 Å². The first-order chi connectivity index (χ1) is 8.66. The summed E-state index contributed by atoms with van der Waals surface area (Å²) in [6.07, 6.45) is 4.88. The van der Waals surface area contributed by atoms with Crippen molar-refractivity contribution in [3.05, 3.63) is 54.1 Å². The SMILES string of the molecule is CC(C)c1cc(NC(=O)c2cccnc2)ccn1. The summed E-state index contributed by atoms with van der Waals surface area (Å²) in [6.45, 7) is 4.13. The molecule has 0 aliphatic carbocycles. The van der Waals surface area contributed by atoms with Crippen LogP contribution in [0.1, 0.15) is 35.8 Å². The Bertz CT molecular complexity index is 538. The van der Waals surface area contributed by atoms with Gasteiger partial charge in [0.2, 0.25) is 0 Å². The normalized spacial score (nSPS) is 10.4. The fraction of sp³-hybridized carbons (Fsp3) is 0.214. The molecule has 0 spiro atoms. The summed E-state index contributed by atoms with van der Waals surface area (Å²) in [6, 6.07) is 7.13. The van der Waals surface area contributed by atoms with Crippen LogP contribution in [-0.2, 0) is 0 Å². The minimum absolute atomic E-state index is 0.163. The van der Waals surface area contributed by atoms with Gasteiger partial charge in [-0.05, 0) is 30.2 Å². The number of carbonyl (C=O) groups excluding carboxylic acids is 1. The van der Waals surface area contributed by atoms with Gasteiger partial charge in [0.25, 0.3) is 5.91 Å². The van der Waals surface area contributed by atoms with E-state index in [1.807, 2.05) is 6.07 Å². The van der Waals surface area contributed by atoms with Gasteiger partial charge in [0, 0.05) is 30.0 Å². The lowest BCUT2D eigenvalue weighted by Gasteiger charge is -2.08. The maximum absolute atomic E-state index is 11.9. The molecule has 18 heavy (non-hydrogen) atoms. The van der Waals surface area contributed by atoms with Crippen molar-refractivity contribution in [2.75, 3.05) is 5.32 Å². The molecule has 4 nitrogen and oxygen atoms in total. The van der Waals surface area contributed by atoms with Crippen molar-refractivity contribution in [2.24, 2.45) is 0 Å². The highest BCUT2D eigenvalue weighted by molar-refractivity contribution is 6.03. The highest BCUT2D eigenvalue weighted by atomic mass is 16.1. The van der Waals surface area contributed by atoms with Crippen molar-refractivity contribution in [1.82, 2.24) is 9.97 Å². The molecule has 0 aliphatic heterocycles. The number of amides is 1. The van der Waals surface area contributed by atoms with E-state index in [4.69, 9.17) is 0 Å². The van der Waals surface area contributed by atoms with E-state index in [2.05, 4.69) is 29.1 Å². The van der Waals surface area contributed by atoms with Crippen molar-refractivity contribution in [2.45, 2.75) is 19.8 Å². The van der Waals surface area contributed by atoms with Gasteiger partial charge in [-0.25, -0.2) is 0 Å². The van der Waals surface area contributed by atoms with E-state index in [9.17, 15) is 4.79 Å². The highest BCUT2D eigenvalue weighted by Crippen LogP contribution is 2.16. The summed E-state index contributed by atoms with van der Waals surface area (Å²) in [5, 5.41) is 2.83. The van der Waals surface area contributed by atoms with Crippen molar-refractivity contribution >= 4 is 11.6 Å². The molecule has 2 heterocycles. The number of hydrogen-bond donors (Lipinski definition) is 1. The Morgan fingerprint density at radius 3 is 2.78 bits per heavy atom. The minimum Gasteiger partial charge on any atom is -0.322 e. The number of hydrogen-bond acceptors (Lipinski definition) is 3. The Kier molecular flexibility index (Phi) is 3.67. The van der Waals surface area contributed by atoms with Gasteiger partial charge < -0.3 is 5.32 Å². The van der Waals surface area contributed by atoms with Gasteiger partial charge in [0.15, 0.2) is 0 Å². The fourth-order valence-electron chi connectivity index (χ4n) is 1.54. The number of nitrogens with zero attached hydrogens (tertiary/aromatic N) is 2. The Balaban J connectivity index is 2.15. The van der Waals surface area contributed by atoms with Gasteiger partial charge in [0.1, 0.15) is 0 Å². The van der Waals surface area contributed by atoms with Crippen LogP contribution in [-0.4, -0.2) is 15.9 Å². The first-order valence-electron chi connectivity index (χ1n) is 5.84. The zero-order valence-electron chi connectivity index (χ0n) is 10.4. The number of nitrogens with one attached hydrogen (secondary N) is 1. The molecule has 2 rings (SSSR count). The lowest BCUT2D eigenvalue weighted by Crippen LogP contribution is -2.12. The number of pyridine rings is 2. The quantitative estimate of drug-likeness (QED) is 0.899. The van der Waals surface area contributed by atoms with E-state index < -0.39 is 0 Å². The van der Waals surface area contributed by atoms with Crippen LogP contribution in [0.2, 0.25) is 0 Å². The second-order valence-electron chi connectivity index (χ2n) is 4.32. The number of anilines is 1. The second kappa shape index (κ2) is 5.40. The zero-order valence-corrected chi connectivity index (χ0v) is 10.4. The molecule has 0 fully saturated rings. The van der Waals surface area contributed by atoms with Crippen LogP contribution in [0.4, 0.5) is 5.69 Å². The van der Waals surface area contributed by atoms with Crippen molar-refractivity contribution < 1.29 is 4.79 Å². The summed E-state index contributed by atoms with van der Waals surface area (Å²) in [4.78, 5) is 20.1. The number of rotatable bonds is 3.